The lowest BCUT2D eigenvalue weighted by Crippen LogP contribution is -2.59. The molecule has 1 heterocycles. The first kappa shape index (κ1) is 20.8. The lowest BCUT2D eigenvalue weighted by atomic mass is 9.89. The molecule has 3 unspecified atom stereocenters. The Morgan fingerprint density at radius 3 is 2.30 bits per heavy atom. The van der Waals surface area contributed by atoms with Crippen LogP contribution in [0.5, 0.6) is 0 Å². The van der Waals surface area contributed by atoms with Gasteiger partial charge in [-0.15, -0.1) is 0 Å². The summed E-state index contributed by atoms with van der Waals surface area (Å²) < 4.78 is 10.7. The third kappa shape index (κ3) is 7.01. The van der Waals surface area contributed by atoms with Crippen LogP contribution in [0.15, 0.2) is 0 Å². The van der Waals surface area contributed by atoms with Crippen molar-refractivity contribution in [2.75, 3.05) is 13.2 Å². The van der Waals surface area contributed by atoms with Crippen LogP contribution in [-0.4, -0.2) is 70.4 Å². The average molecular weight is 335 g/mol. The van der Waals surface area contributed by atoms with E-state index < -0.39 is 37.3 Å². The molecule has 23 heavy (non-hydrogen) atoms. The molecule has 1 saturated heterocycles. The highest BCUT2D eigenvalue weighted by molar-refractivity contribution is 4.88. The van der Waals surface area contributed by atoms with Gasteiger partial charge in [-0.3, -0.25) is 0 Å². The normalized spacial score (nSPS) is 33.7. The highest BCUT2D eigenvalue weighted by Crippen LogP contribution is 2.23. The zero-order chi connectivity index (χ0) is 17.6. The lowest BCUT2D eigenvalue weighted by Gasteiger charge is -2.39. The van der Waals surface area contributed by atoms with E-state index in [1.807, 2.05) is 0 Å². The van der Waals surface area contributed by atoms with Crippen molar-refractivity contribution in [1.29, 1.82) is 0 Å². The van der Waals surface area contributed by atoms with Crippen LogP contribution in [0.25, 0.3) is 0 Å². The van der Waals surface area contributed by atoms with E-state index in [0.717, 1.165) is 19.3 Å². The Balaban J connectivity index is 2.28. The first-order chi connectivity index (χ1) is 10.7. The Morgan fingerprint density at radius 1 is 1.09 bits per heavy atom. The minimum absolute atomic E-state index is 0.00207. The van der Waals surface area contributed by atoms with Gasteiger partial charge in [0.1, 0.15) is 24.4 Å². The van der Waals surface area contributed by atoms with E-state index >= 15 is 0 Å². The van der Waals surface area contributed by atoms with Crippen LogP contribution in [0.4, 0.5) is 0 Å². The molecule has 0 amide bonds. The maximum Gasteiger partial charge on any atom is 0.186 e. The van der Waals surface area contributed by atoms with Gasteiger partial charge >= 0.3 is 0 Å². The van der Waals surface area contributed by atoms with Crippen molar-refractivity contribution in [3.8, 4) is 0 Å². The Bertz CT molecular complexity index is 333. The number of aliphatic hydroxyl groups excluding tert-OH is 4. The molecule has 7 heteroatoms. The van der Waals surface area contributed by atoms with E-state index in [2.05, 4.69) is 20.8 Å². The summed E-state index contributed by atoms with van der Waals surface area (Å²) in [6, 6.07) is 0.00207. The fraction of sp³-hybridized carbons (Fsp3) is 1.00. The Kier molecular flexibility index (Phi) is 8.37. The van der Waals surface area contributed by atoms with Crippen LogP contribution in [0.3, 0.4) is 0 Å². The lowest BCUT2D eigenvalue weighted by molar-refractivity contribution is -0.301. The van der Waals surface area contributed by atoms with Crippen LogP contribution in [0.1, 0.15) is 46.5 Å². The maximum absolute atomic E-state index is 9.84. The largest absolute Gasteiger partial charge is 0.394 e. The molecule has 0 aromatic carbocycles. The molecule has 0 radical (unpaired) electrons. The third-order valence-electron chi connectivity index (χ3n) is 4.12. The minimum Gasteiger partial charge on any atom is -0.394 e. The van der Waals surface area contributed by atoms with E-state index in [1.165, 1.54) is 0 Å². The molecule has 0 spiro atoms. The van der Waals surface area contributed by atoms with Crippen LogP contribution in [-0.2, 0) is 9.47 Å². The molecule has 138 valence electrons. The second-order valence-corrected chi connectivity index (χ2v) is 7.57. The summed E-state index contributed by atoms with van der Waals surface area (Å²) in [5, 5.41) is 38.3. The highest BCUT2D eigenvalue weighted by Gasteiger charge is 2.43. The minimum atomic E-state index is -1.41. The standard InChI is InChI=1S/C16H33NO6/c1-16(2,3)7-4-5-10(17)6-8-22-15-14(21)13(20)12(19)11(9-18)23-15/h10-15,18-21H,4-9,17H2,1-3H3/t10-,11?,12+,13?,14?,15+/m1/s1. The van der Waals surface area contributed by atoms with E-state index in [4.69, 9.17) is 20.3 Å². The molecule has 6 N–H and O–H groups in total. The smallest absolute Gasteiger partial charge is 0.186 e. The van der Waals surface area contributed by atoms with Crippen LogP contribution in [0, 0.1) is 5.41 Å². The molecule has 1 fully saturated rings. The predicted octanol–water partition coefficient (Wildman–Crippen LogP) is -0.263. The number of ether oxygens (including phenoxy) is 2. The van der Waals surface area contributed by atoms with Crippen LogP contribution in [0.2, 0.25) is 0 Å². The number of hydrogen-bond acceptors (Lipinski definition) is 7. The fourth-order valence-corrected chi connectivity index (χ4v) is 2.58. The molecule has 0 aromatic rings. The highest BCUT2D eigenvalue weighted by atomic mass is 16.7. The Morgan fingerprint density at radius 2 is 1.74 bits per heavy atom. The predicted molar refractivity (Wildman–Crippen MR) is 85.6 cm³/mol. The summed E-state index contributed by atoms with van der Waals surface area (Å²) in [5.41, 5.74) is 6.34. The van der Waals surface area contributed by atoms with Crippen molar-refractivity contribution < 1.29 is 29.9 Å². The van der Waals surface area contributed by atoms with Gasteiger partial charge in [-0.1, -0.05) is 27.2 Å². The number of rotatable bonds is 8. The van der Waals surface area contributed by atoms with Crippen LogP contribution >= 0.6 is 0 Å². The molecule has 1 aliphatic heterocycles. The molecule has 0 aromatic heterocycles. The summed E-state index contributed by atoms with van der Waals surface area (Å²) in [4.78, 5) is 0. The SMILES string of the molecule is CC(C)(C)CCC[C@@H](N)CCO[C@H]1OC(CO)[C@H](O)C(O)C1O. The zero-order valence-electron chi connectivity index (χ0n) is 14.4. The summed E-state index contributed by atoms with van der Waals surface area (Å²) >= 11 is 0. The van der Waals surface area contributed by atoms with Crippen molar-refractivity contribution in [3.63, 3.8) is 0 Å². The second-order valence-electron chi connectivity index (χ2n) is 7.57. The molecule has 7 nitrogen and oxygen atoms in total. The molecule has 0 bridgehead atoms. The van der Waals surface area contributed by atoms with Gasteiger partial charge < -0.3 is 35.6 Å². The van der Waals surface area contributed by atoms with Crippen molar-refractivity contribution in [2.45, 2.75) is 83.2 Å². The first-order valence-corrected chi connectivity index (χ1v) is 8.33. The monoisotopic (exact) mass is 335 g/mol. The molecule has 1 aliphatic rings. The summed E-state index contributed by atoms with van der Waals surface area (Å²) in [6.45, 7) is 6.40. The maximum atomic E-state index is 9.84. The van der Waals surface area contributed by atoms with Gasteiger partial charge in [-0.2, -0.15) is 0 Å². The quantitative estimate of drug-likeness (QED) is 0.414. The topological polar surface area (TPSA) is 125 Å². The third-order valence-corrected chi connectivity index (χ3v) is 4.12. The summed E-state index contributed by atoms with van der Waals surface area (Å²) in [7, 11) is 0. The van der Waals surface area contributed by atoms with Crippen molar-refractivity contribution >= 4 is 0 Å². The van der Waals surface area contributed by atoms with Gasteiger partial charge in [0.15, 0.2) is 6.29 Å². The fourth-order valence-electron chi connectivity index (χ4n) is 2.58. The first-order valence-electron chi connectivity index (χ1n) is 8.33. The average Bonchev–Trinajstić information content (AvgIpc) is 2.46. The van der Waals surface area contributed by atoms with Gasteiger partial charge in [0.2, 0.25) is 0 Å². The molecular formula is C16H33NO6. The van der Waals surface area contributed by atoms with E-state index in [0.29, 0.717) is 11.8 Å². The number of nitrogens with two attached hydrogens (primary N) is 1. The summed E-state index contributed by atoms with van der Waals surface area (Å²) in [5.74, 6) is 0. The van der Waals surface area contributed by atoms with Gasteiger partial charge in [0.25, 0.3) is 0 Å². The Hall–Kier alpha value is -0.280. The number of aliphatic hydroxyl groups is 4. The van der Waals surface area contributed by atoms with E-state index in [-0.39, 0.29) is 12.6 Å². The van der Waals surface area contributed by atoms with Gasteiger partial charge in [0.05, 0.1) is 13.2 Å². The van der Waals surface area contributed by atoms with Crippen molar-refractivity contribution in [3.05, 3.63) is 0 Å². The summed E-state index contributed by atoms with van der Waals surface area (Å²) in [6.07, 6.45) is -2.50. The molecular weight excluding hydrogens is 302 g/mol. The molecule has 0 saturated carbocycles. The number of hydrogen-bond donors (Lipinski definition) is 5. The Labute approximate surface area is 138 Å². The van der Waals surface area contributed by atoms with Gasteiger partial charge in [0, 0.05) is 6.04 Å². The van der Waals surface area contributed by atoms with Crippen molar-refractivity contribution in [1.82, 2.24) is 0 Å². The zero-order valence-corrected chi connectivity index (χ0v) is 14.4. The van der Waals surface area contributed by atoms with Crippen LogP contribution < -0.4 is 5.73 Å². The van der Waals surface area contributed by atoms with Gasteiger partial charge in [-0.05, 0) is 24.7 Å². The van der Waals surface area contributed by atoms with Crippen molar-refractivity contribution in [2.24, 2.45) is 11.1 Å². The van der Waals surface area contributed by atoms with E-state index in [1.54, 1.807) is 0 Å². The molecule has 6 atom stereocenters. The molecule has 0 aliphatic carbocycles. The molecule has 1 rings (SSSR count). The van der Waals surface area contributed by atoms with E-state index in [9.17, 15) is 15.3 Å². The van der Waals surface area contributed by atoms with Gasteiger partial charge in [-0.25, -0.2) is 0 Å². The second kappa shape index (κ2) is 9.27.